The number of hydrogen-bond acceptors (Lipinski definition) is 4. The molecule has 0 aromatic heterocycles. The third-order valence-corrected chi connectivity index (χ3v) is 10.7. The van der Waals surface area contributed by atoms with E-state index in [4.69, 9.17) is 0 Å². The molecule has 296 valence electrons. The first kappa shape index (κ1) is 51.1. The van der Waals surface area contributed by atoms with Gasteiger partial charge in [-0.1, -0.05) is 216 Å². The van der Waals surface area contributed by atoms with Crippen molar-refractivity contribution < 1.29 is 19.8 Å². The summed E-state index contributed by atoms with van der Waals surface area (Å²) in [4.78, 5) is 20.7. The van der Waals surface area contributed by atoms with E-state index >= 15 is 0 Å². The number of rotatable bonds is 34. The van der Waals surface area contributed by atoms with E-state index in [-0.39, 0.29) is 35.9 Å². The molecule has 5 heteroatoms. The van der Waals surface area contributed by atoms with Gasteiger partial charge in [-0.25, -0.2) is 0 Å². The average Bonchev–Trinajstić information content (AvgIpc) is 3.15. The van der Waals surface area contributed by atoms with Gasteiger partial charge in [0.1, 0.15) is 0 Å². The zero-order valence-electron chi connectivity index (χ0n) is 34.5. The minimum Gasteiger partial charge on any atom is -0.550 e. The van der Waals surface area contributed by atoms with E-state index in [1.165, 1.54) is 152 Å². The smallest absolute Gasteiger partial charge is 0.550 e. The summed E-state index contributed by atoms with van der Waals surface area (Å²) in [5.74, 6) is -0.375. The molecule has 0 amide bonds. The Morgan fingerprint density at radius 3 is 0.906 bits per heavy atom. The van der Waals surface area contributed by atoms with Crippen molar-refractivity contribution in [1.29, 1.82) is 0 Å². The Balaban J connectivity index is 0.00000100. The van der Waals surface area contributed by atoms with Crippen LogP contribution in [0.4, 0.5) is 0 Å². The number of benzene rings is 2. The van der Waals surface area contributed by atoms with Crippen LogP contribution in [0.2, 0.25) is 0 Å². The topological polar surface area (TPSA) is 80.3 Å². The Bertz CT molecular complexity index is 974. The maximum absolute atomic E-state index is 10.4. The normalized spacial score (nSPS) is 12.0. The van der Waals surface area contributed by atoms with Crippen LogP contribution in [-0.2, 0) is 9.59 Å². The molecule has 0 saturated carbocycles. The Morgan fingerprint density at radius 1 is 0.396 bits per heavy atom. The van der Waals surface area contributed by atoms with Crippen LogP contribution in [0.15, 0.2) is 60.7 Å². The maximum atomic E-state index is 10.4. The summed E-state index contributed by atoms with van der Waals surface area (Å²) in [6, 6.07) is 22.1. The number of hydrogen-bond donors (Lipinski definition) is 0. The molecule has 53 heavy (non-hydrogen) atoms. The summed E-state index contributed by atoms with van der Waals surface area (Å²) in [5.41, 5.74) is 3.04. The third kappa shape index (κ3) is 32.1. The third-order valence-electron chi connectivity index (χ3n) is 10.7. The maximum Gasteiger partial charge on any atom is 2.00 e. The van der Waals surface area contributed by atoms with Gasteiger partial charge >= 0.3 is 23.1 Å². The van der Waals surface area contributed by atoms with E-state index in [0.717, 1.165) is 50.4 Å². The van der Waals surface area contributed by atoms with Crippen molar-refractivity contribution in [2.75, 3.05) is 0 Å². The predicted molar refractivity (Wildman–Crippen MR) is 224 cm³/mol. The van der Waals surface area contributed by atoms with Gasteiger partial charge in [0.05, 0.1) is 0 Å². The van der Waals surface area contributed by atoms with E-state index in [0.29, 0.717) is 0 Å². The van der Waals surface area contributed by atoms with Gasteiger partial charge in [-0.3, -0.25) is 0 Å². The Kier molecular flexibility index (Phi) is 37.1. The van der Waals surface area contributed by atoms with Gasteiger partial charge < -0.3 is 19.8 Å². The minimum absolute atomic E-state index is 0. The number of carboxylic acids is 2. The molecule has 2 aromatic carbocycles. The van der Waals surface area contributed by atoms with Gasteiger partial charge in [-0.15, -0.1) is 0 Å². The van der Waals surface area contributed by atoms with Crippen LogP contribution in [-0.4, -0.2) is 35.0 Å². The molecule has 0 N–H and O–H groups in total. The summed E-state index contributed by atoms with van der Waals surface area (Å²) >= 11 is 0. The van der Waals surface area contributed by atoms with Crippen molar-refractivity contribution in [1.82, 2.24) is 0 Å². The number of carbonyl (C=O) groups excluding carboxylic acids is 2. The van der Waals surface area contributed by atoms with Crippen molar-refractivity contribution in [3.8, 4) is 0 Å². The molecule has 0 aliphatic rings. The standard InChI is InChI=1S/2C24H40O2.Mg/c2*1-2-3-4-8-12-17-22(23-19-14-11-15-20-23)18-13-9-6-5-7-10-16-21-24(25)26;/h2*11,14-15,19-20,22H,2-10,12-13,16-18,21H2,1H3,(H,25,26);/q;;+2/p-2. The molecular formula is C48H78MgO4. The molecule has 0 saturated heterocycles. The average molecular weight is 743 g/mol. The SMILES string of the molecule is CCCCCCCC(CCCCCCCCCC(=O)[O-])c1ccccc1.CCCCCCCC(CCCCCCCCCC(=O)[O-])c1ccccc1.[Mg+2]. The second kappa shape index (κ2) is 38.4. The molecule has 0 spiro atoms. The van der Waals surface area contributed by atoms with E-state index in [1.54, 1.807) is 0 Å². The Labute approximate surface area is 343 Å². The number of carbonyl (C=O) groups is 2. The summed E-state index contributed by atoms with van der Waals surface area (Å²) in [6.45, 7) is 4.55. The van der Waals surface area contributed by atoms with Crippen molar-refractivity contribution in [3.05, 3.63) is 71.8 Å². The summed E-state index contributed by atoms with van der Waals surface area (Å²) in [6.07, 6.45) is 35.5. The second-order valence-electron chi connectivity index (χ2n) is 15.4. The first-order valence-electron chi connectivity index (χ1n) is 22.0. The predicted octanol–water partition coefficient (Wildman–Crippen LogP) is 12.4. The molecule has 2 rings (SSSR count). The number of carboxylic acid groups (broad SMARTS) is 2. The van der Waals surface area contributed by atoms with Gasteiger partial charge in [0.2, 0.25) is 0 Å². The first-order valence-corrected chi connectivity index (χ1v) is 22.0. The van der Waals surface area contributed by atoms with Crippen LogP contribution in [0.3, 0.4) is 0 Å². The summed E-state index contributed by atoms with van der Waals surface area (Å²) in [7, 11) is 0. The van der Waals surface area contributed by atoms with Gasteiger partial charge in [0, 0.05) is 11.9 Å². The van der Waals surface area contributed by atoms with E-state index in [1.807, 2.05) is 0 Å². The molecule has 0 radical (unpaired) electrons. The van der Waals surface area contributed by atoms with Gasteiger partial charge in [-0.05, 0) is 74.3 Å². The van der Waals surface area contributed by atoms with Crippen molar-refractivity contribution in [3.63, 3.8) is 0 Å². The fourth-order valence-corrected chi connectivity index (χ4v) is 7.48. The Morgan fingerprint density at radius 2 is 0.642 bits per heavy atom. The number of aliphatic carboxylic acids is 2. The van der Waals surface area contributed by atoms with E-state index in [2.05, 4.69) is 74.5 Å². The molecule has 0 fully saturated rings. The molecule has 4 nitrogen and oxygen atoms in total. The van der Waals surface area contributed by atoms with Crippen LogP contribution < -0.4 is 10.2 Å². The zero-order valence-corrected chi connectivity index (χ0v) is 35.9. The molecule has 0 aliphatic heterocycles. The summed E-state index contributed by atoms with van der Waals surface area (Å²) < 4.78 is 0. The second-order valence-corrected chi connectivity index (χ2v) is 15.4. The van der Waals surface area contributed by atoms with Crippen LogP contribution in [0.1, 0.15) is 229 Å². The van der Waals surface area contributed by atoms with Crippen LogP contribution in [0, 0.1) is 0 Å². The Hall–Kier alpha value is -1.85. The fourth-order valence-electron chi connectivity index (χ4n) is 7.48. The van der Waals surface area contributed by atoms with Crippen LogP contribution in [0.5, 0.6) is 0 Å². The van der Waals surface area contributed by atoms with Gasteiger partial charge in [0.15, 0.2) is 0 Å². The van der Waals surface area contributed by atoms with E-state index in [9.17, 15) is 19.8 Å². The molecule has 2 atom stereocenters. The van der Waals surface area contributed by atoms with Gasteiger partial charge in [0.25, 0.3) is 0 Å². The van der Waals surface area contributed by atoms with Crippen molar-refractivity contribution in [2.45, 2.75) is 218 Å². The largest absolute Gasteiger partial charge is 2.00 e. The summed E-state index contributed by atoms with van der Waals surface area (Å²) in [5, 5.41) is 20.7. The number of unbranched alkanes of at least 4 members (excludes halogenated alkanes) is 20. The van der Waals surface area contributed by atoms with Crippen LogP contribution >= 0.6 is 0 Å². The quantitative estimate of drug-likeness (QED) is 0.0528. The molecule has 2 aromatic rings. The van der Waals surface area contributed by atoms with E-state index < -0.39 is 11.9 Å². The molecule has 2 unspecified atom stereocenters. The first-order chi connectivity index (χ1) is 25.5. The minimum atomic E-state index is -0.911. The van der Waals surface area contributed by atoms with Gasteiger partial charge in [-0.2, -0.15) is 0 Å². The molecular weight excluding hydrogens is 665 g/mol. The van der Waals surface area contributed by atoms with Crippen LogP contribution in [0.25, 0.3) is 0 Å². The van der Waals surface area contributed by atoms with Crippen molar-refractivity contribution in [2.24, 2.45) is 0 Å². The monoisotopic (exact) mass is 743 g/mol. The fraction of sp³-hybridized carbons (Fsp3) is 0.708. The zero-order chi connectivity index (χ0) is 37.7. The molecule has 0 bridgehead atoms. The molecule has 0 heterocycles. The van der Waals surface area contributed by atoms with Crippen molar-refractivity contribution >= 4 is 35.0 Å². The molecule has 0 aliphatic carbocycles.